The molecule has 1 aromatic carbocycles. The van der Waals surface area contributed by atoms with Crippen molar-refractivity contribution in [2.24, 2.45) is 0 Å². The fraction of sp³-hybridized carbons (Fsp3) is 0.250. The summed E-state index contributed by atoms with van der Waals surface area (Å²) >= 11 is 1.53. The maximum atomic E-state index is 5.92. The summed E-state index contributed by atoms with van der Waals surface area (Å²) in [6.45, 7) is 0. The van der Waals surface area contributed by atoms with Gasteiger partial charge in [-0.15, -0.1) is 11.3 Å². The van der Waals surface area contributed by atoms with Crippen molar-refractivity contribution in [2.75, 3.05) is 5.73 Å². The fourth-order valence-corrected chi connectivity index (χ4v) is 3.72. The number of thiophene rings is 1. The first kappa shape index (κ1) is 12.6. The van der Waals surface area contributed by atoms with Gasteiger partial charge in [0, 0.05) is 5.92 Å². The number of nitrogens with zero attached hydrogens (tertiary/aromatic N) is 2. The highest BCUT2D eigenvalue weighted by molar-refractivity contribution is 7.14. The van der Waals surface area contributed by atoms with Gasteiger partial charge in [-0.25, -0.2) is 0 Å². The van der Waals surface area contributed by atoms with Gasteiger partial charge in [0.05, 0.1) is 5.69 Å². The average molecular weight is 297 g/mol. The average Bonchev–Trinajstić information content (AvgIpc) is 3.15. The van der Waals surface area contributed by atoms with Gasteiger partial charge in [-0.1, -0.05) is 29.4 Å². The van der Waals surface area contributed by atoms with Gasteiger partial charge in [-0.3, -0.25) is 0 Å². The summed E-state index contributed by atoms with van der Waals surface area (Å²) < 4.78 is 5.43. The van der Waals surface area contributed by atoms with Gasteiger partial charge in [0.15, 0.2) is 5.82 Å². The Bertz CT molecular complexity index is 777. The maximum absolute atomic E-state index is 5.92. The minimum Gasteiger partial charge on any atom is -0.397 e. The van der Waals surface area contributed by atoms with E-state index in [9.17, 15) is 0 Å². The Labute approximate surface area is 126 Å². The van der Waals surface area contributed by atoms with Gasteiger partial charge in [0.25, 0.3) is 5.89 Å². The molecule has 2 heterocycles. The second kappa shape index (κ2) is 5.00. The summed E-state index contributed by atoms with van der Waals surface area (Å²) in [7, 11) is 0. The molecule has 0 spiro atoms. The van der Waals surface area contributed by atoms with Crippen LogP contribution in [-0.4, -0.2) is 10.1 Å². The van der Waals surface area contributed by atoms with Crippen molar-refractivity contribution in [2.45, 2.75) is 25.2 Å². The van der Waals surface area contributed by atoms with Crippen LogP contribution in [0.4, 0.5) is 5.69 Å². The number of rotatable bonds is 2. The van der Waals surface area contributed by atoms with E-state index in [0.717, 1.165) is 30.0 Å². The van der Waals surface area contributed by atoms with E-state index < -0.39 is 0 Å². The first-order chi connectivity index (χ1) is 10.3. The first-order valence-electron chi connectivity index (χ1n) is 7.07. The quantitative estimate of drug-likeness (QED) is 0.780. The summed E-state index contributed by atoms with van der Waals surface area (Å²) in [6.07, 6.45) is 3.36. The molecule has 1 atom stereocenters. The highest BCUT2D eigenvalue weighted by Gasteiger charge is 2.26. The Kier molecular flexibility index (Phi) is 3.00. The zero-order valence-corrected chi connectivity index (χ0v) is 12.3. The summed E-state index contributed by atoms with van der Waals surface area (Å²) in [5.74, 6) is 1.53. The van der Waals surface area contributed by atoms with Crippen LogP contribution in [0.1, 0.15) is 35.7 Å². The molecule has 1 aliphatic carbocycles. The van der Waals surface area contributed by atoms with E-state index in [-0.39, 0.29) is 5.92 Å². The van der Waals surface area contributed by atoms with E-state index in [0.29, 0.717) is 11.6 Å². The molecule has 0 aliphatic heterocycles. The monoisotopic (exact) mass is 297 g/mol. The van der Waals surface area contributed by atoms with E-state index in [2.05, 4.69) is 34.4 Å². The molecule has 0 bridgehead atoms. The zero-order chi connectivity index (χ0) is 14.2. The van der Waals surface area contributed by atoms with Crippen molar-refractivity contribution < 1.29 is 4.52 Å². The Hall–Kier alpha value is -2.14. The largest absolute Gasteiger partial charge is 0.397 e. The van der Waals surface area contributed by atoms with Gasteiger partial charge in [0.1, 0.15) is 4.88 Å². The second-order valence-electron chi connectivity index (χ2n) is 5.31. The van der Waals surface area contributed by atoms with Gasteiger partial charge in [-0.2, -0.15) is 4.98 Å². The second-order valence-corrected chi connectivity index (χ2v) is 6.22. The van der Waals surface area contributed by atoms with E-state index in [1.54, 1.807) is 0 Å². The lowest BCUT2D eigenvalue weighted by Gasteiger charge is -2.22. The molecule has 0 amide bonds. The van der Waals surface area contributed by atoms with E-state index in [4.69, 9.17) is 10.3 Å². The number of nitrogens with two attached hydrogens (primary N) is 1. The Morgan fingerprint density at radius 2 is 2.14 bits per heavy atom. The highest BCUT2D eigenvalue weighted by Crippen LogP contribution is 2.37. The third kappa shape index (κ3) is 2.14. The molecule has 0 fully saturated rings. The molecule has 4 nitrogen and oxygen atoms in total. The molecule has 0 radical (unpaired) electrons. The fourth-order valence-electron chi connectivity index (χ4n) is 2.98. The standard InChI is InChI=1S/C16H15N3OS/c17-13-8-9-21-14(13)16-18-15(19-20-16)12-7-3-5-10-4-1-2-6-11(10)12/h1-2,4,6,8-9,12H,3,5,7,17H2. The number of hydrogen-bond donors (Lipinski definition) is 1. The molecule has 0 saturated heterocycles. The maximum Gasteiger partial charge on any atom is 0.270 e. The summed E-state index contributed by atoms with van der Waals surface area (Å²) in [4.78, 5) is 5.45. The van der Waals surface area contributed by atoms with Crippen LogP contribution in [0.3, 0.4) is 0 Å². The van der Waals surface area contributed by atoms with Crippen LogP contribution in [0, 0.1) is 0 Å². The van der Waals surface area contributed by atoms with Crippen LogP contribution >= 0.6 is 11.3 Å². The summed E-state index contributed by atoms with van der Waals surface area (Å²) in [5, 5.41) is 6.14. The van der Waals surface area contributed by atoms with Gasteiger partial charge in [-0.05, 0) is 41.8 Å². The molecule has 2 N–H and O–H groups in total. The predicted molar refractivity (Wildman–Crippen MR) is 83.2 cm³/mol. The van der Waals surface area contributed by atoms with Crippen LogP contribution in [0.25, 0.3) is 10.8 Å². The number of aryl methyl sites for hydroxylation is 1. The van der Waals surface area contributed by atoms with Crippen LogP contribution in [0.2, 0.25) is 0 Å². The van der Waals surface area contributed by atoms with Crippen LogP contribution < -0.4 is 5.73 Å². The van der Waals surface area contributed by atoms with E-state index in [1.165, 1.54) is 22.5 Å². The molecule has 1 unspecified atom stereocenters. The SMILES string of the molecule is Nc1ccsc1-c1nc(C2CCCc3ccccc32)no1. The number of aromatic nitrogens is 2. The lowest BCUT2D eigenvalue weighted by Crippen LogP contribution is -2.12. The molecule has 5 heteroatoms. The smallest absolute Gasteiger partial charge is 0.270 e. The Morgan fingerprint density at radius 3 is 3.00 bits per heavy atom. The first-order valence-corrected chi connectivity index (χ1v) is 7.95. The van der Waals surface area contributed by atoms with Crippen LogP contribution in [0.15, 0.2) is 40.2 Å². The van der Waals surface area contributed by atoms with Crippen molar-refractivity contribution in [3.05, 3.63) is 52.7 Å². The van der Waals surface area contributed by atoms with Crippen molar-refractivity contribution in [1.82, 2.24) is 10.1 Å². The van der Waals surface area contributed by atoms with Crippen molar-refractivity contribution in [3.63, 3.8) is 0 Å². The molecule has 0 saturated carbocycles. The number of nitrogen functional groups attached to an aromatic ring is 1. The van der Waals surface area contributed by atoms with Crippen LogP contribution in [-0.2, 0) is 6.42 Å². The van der Waals surface area contributed by atoms with Crippen LogP contribution in [0.5, 0.6) is 0 Å². The zero-order valence-electron chi connectivity index (χ0n) is 11.5. The third-order valence-electron chi connectivity index (χ3n) is 4.01. The molecular weight excluding hydrogens is 282 g/mol. The topological polar surface area (TPSA) is 64.9 Å². The number of hydrogen-bond acceptors (Lipinski definition) is 5. The molecular formula is C16H15N3OS. The lowest BCUT2D eigenvalue weighted by molar-refractivity contribution is 0.416. The normalized spacial score (nSPS) is 17.6. The van der Waals surface area contributed by atoms with E-state index >= 15 is 0 Å². The van der Waals surface area contributed by atoms with Gasteiger partial charge >= 0.3 is 0 Å². The lowest BCUT2D eigenvalue weighted by atomic mass is 9.82. The Balaban J connectivity index is 1.73. The van der Waals surface area contributed by atoms with E-state index in [1.807, 2.05) is 11.4 Å². The number of benzene rings is 1. The van der Waals surface area contributed by atoms with Crippen molar-refractivity contribution >= 4 is 17.0 Å². The van der Waals surface area contributed by atoms with Crippen molar-refractivity contribution in [1.29, 1.82) is 0 Å². The minimum absolute atomic E-state index is 0.230. The molecule has 1 aliphatic rings. The molecule has 3 aromatic rings. The van der Waals surface area contributed by atoms with Crippen molar-refractivity contribution in [3.8, 4) is 10.8 Å². The molecule has 2 aromatic heterocycles. The number of anilines is 1. The number of fused-ring (bicyclic) bond motifs is 1. The molecule has 21 heavy (non-hydrogen) atoms. The third-order valence-corrected chi connectivity index (χ3v) is 4.93. The summed E-state index contributed by atoms with van der Waals surface area (Å²) in [6, 6.07) is 10.4. The summed E-state index contributed by atoms with van der Waals surface area (Å²) in [5.41, 5.74) is 9.34. The highest BCUT2D eigenvalue weighted by atomic mass is 32.1. The molecule has 106 valence electrons. The van der Waals surface area contributed by atoms with Gasteiger partial charge in [0.2, 0.25) is 0 Å². The molecule has 4 rings (SSSR count). The Morgan fingerprint density at radius 1 is 1.24 bits per heavy atom. The van der Waals surface area contributed by atoms with Gasteiger partial charge < -0.3 is 10.3 Å². The predicted octanol–water partition coefficient (Wildman–Crippen LogP) is 3.85. The minimum atomic E-state index is 0.230.